The third-order valence-corrected chi connectivity index (χ3v) is 3.52. The predicted octanol–water partition coefficient (Wildman–Crippen LogP) is 3.34. The van der Waals surface area contributed by atoms with E-state index in [0.717, 1.165) is 12.0 Å². The summed E-state index contributed by atoms with van der Waals surface area (Å²) in [6, 6.07) is 1.42. The molecule has 1 nitrogen and oxygen atoms in total. The average molecular weight is 183 g/mol. The van der Waals surface area contributed by atoms with Crippen LogP contribution >= 0.6 is 0 Å². The van der Waals surface area contributed by atoms with Crippen molar-refractivity contribution in [1.82, 2.24) is 5.32 Å². The van der Waals surface area contributed by atoms with Gasteiger partial charge in [-0.2, -0.15) is 0 Å². The van der Waals surface area contributed by atoms with Gasteiger partial charge in [-0.25, -0.2) is 0 Å². The molecule has 0 unspecified atom stereocenters. The second-order valence-electron chi connectivity index (χ2n) is 4.66. The molecule has 0 radical (unpaired) electrons. The molecule has 1 heteroatoms. The lowest BCUT2D eigenvalue weighted by molar-refractivity contribution is 0.266. The van der Waals surface area contributed by atoms with Gasteiger partial charge >= 0.3 is 0 Å². The molecule has 0 amide bonds. The molecule has 0 aromatic heterocycles. The topological polar surface area (TPSA) is 12.0 Å². The van der Waals surface area contributed by atoms with Crippen molar-refractivity contribution < 1.29 is 0 Å². The highest BCUT2D eigenvalue weighted by Gasteiger charge is 2.20. The van der Waals surface area contributed by atoms with Crippen LogP contribution in [0.25, 0.3) is 0 Å². The molecule has 0 aliphatic heterocycles. The molecule has 1 N–H and O–H groups in total. The quantitative estimate of drug-likeness (QED) is 0.705. The molecule has 0 aromatic rings. The van der Waals surface area contributed by atoms with E-state index in [2.05, 4.69) is 26.1 Å². The molecule has 2 atom stereocenters. The third-order valence-electron chi connectivity index (χ3n) is 3.52. The lowest BCUT2D eigenvalue weighted by Crippen LogP contribution is -2.39. The van der Waals surface area contributed by atoms with Crippen LogP contribution in [0.3, 0.4) is 0 Å². The predicted molar refractivity (Wildman–Crippen MR) is 58.9 cm³/mol. The molecule has 0 aromatic carbocycles. The second kappa shape index (κ2) is 5.64. The van der Waals surface area contributed by atoms with E-state index in [0.29, 0.717) is 6.04 Å². The van der Waals surface area contributed by atoms with E-state index in [1.807, 2.05) is 0 Å². The normalized spacial score (nSPS) is 24.2. The van der Waals surface area contributed by atoms with Crippen LogP contribution in [0.15, 0.2) is 0 Å². The van der Waals surface area contributed by atoms with Crippen molar-refractivity contribution in [1.29, 1.82) is 0 Å². The molecule has 0 spiro atoms. The summed E-state index contributed by atoms with van der Waals surface area (Å²) < 4.78 is 0. The van der Waals surface area contributed by atoms with Gasteiger partial charge in [-0.1, -0.05) is 26.2 Å². The van der Waals surface area contributed by atoms with Crippen molar-refractivity contribution in [3.8, 4) is 0 Å². The van der Waals surface area contributed by atoms with Gasteiger partial charge < -0.3 is 5.32 Å². The molecule has 78 valence electrons. The van der Waals surface area contributed by atoms with Gasteiger partial charge in [0, 0.05) is 12.1 Å². The first-order valence-electron chi connectivity index (χ1n) is 6.00. The highest BCUT2D eigenvalue weighted by molar-refractivity contribution is 4.77. The number of rotatable bonds is 4. The SMILES string of the molecule is CC[C@H](C)N[C@H](C)C1CCCCC1. The highest BCUT2D eigenvalue weighted by Crippen LogP contribution is 2.26. The maximum Gasteiger partial charge on any atom is 0.00694 e. The van der Waals surface area contributed by atoms with E-state index in [1.165, 1.54) is 38.5 Å². The standard InChI is InChI=1S/C12H25N/c1-4-10(2)13-11(3)12-8-6-5-7-9-12/h10-13H,4-9H2,1-3H3/t10-,11+/m0/s1. The van der Waals surface area contributed by atoms with Crippen LogP contribution in [0.4, 0.5) is 0 Å². The van der Waals surface area contributed by atoms with Crippen LogP contribution in [-0.4, -0.2) is 12.1 Å². The Morgan fingerprint density at radius 2 is 1.77 bits per heavy atom. The highest BCUT2D eigenvalue weighted by atomic mass is 14.9. The maximum absolute atomic E-state index is 3.70. The summed E-state index contributed by atoms with van der Waals surface area (Å²) in [5.74, 6) is 0.947. The molecule has 13 heavy (non-hydrogen) atoms. The lowest BCUT2D eigenvalue weighted by atomic mass is 9.84. The zero-order valence-corrected chi connectivity index (χ0v) is 9.47. The molecule has 0 heterocycles. The maximum atomic E-state index is 3.70. The first-order valence-corrected chi connectivity index (χ1v) is 6.00. The first kappa shape index (κ1) is 11.0. The minimum absolute atomic E-state index is 0.692. The number of nitrogens with one attached hydrogen (secondary N) is 1. The van der Waals surface area contributed by atoms with Gasteiger partial charge in [0.15, 0.2) is 0 Å². The van der Waals surface area contributed by atoms with Crippen molar-refractivity contribution in [3.05, 3.63) is 0 Å². The Balaban J connectivity index is 2.24. The Kier molecular flexibility index (Phi) is 4.79. The number of hydrogen-bond donors (Lipinski definition) is 1. The van der Waals surface area contributed by atoms with Crippen LogP contribution in [0.2, 0.25) is 0 Å². The summed E-state index contributed by atoms with van der Waals surface area (Å²) in [6.45, 7) is 6.91. The van der Waals surface area contributed by atoms with Gasteiger partial charge in [-0.15, -0.1) is 0 Å². The fraction of sp³-hybridized carbons (Fsp3) is 1.00. The summed E-state index contributed by atoms with van der Waals surface area (Å²) >= 11 is 0. The van der Waals surface area contributed by atoms with E-state index in [-0.39, 0.29) is 0 Å². The minimum atomic E-state index is 0.692. The van der Waals surface area contributed by atoms with Crippen LogP contribution in [0, 0.1) is 5.92 Å². The molecule has 1 aliphatic carbocycles. The van der Waals surface area contributed by atoms with Crippen molar-refractivity contribution in [3.63, 3.8) is 0 Å². The summed E-state index contributed by atoms with van der Waals surface area (Å²) in [7, 11) is 0. The van der Waals surface area contributed by atoms with E-state index in [1.54, 1.807) is 0 Å². The Morgan fingerprint density at radius 3 is 2.31 bits per heavy atom. The third kappa shape index (κ3) is 3.68. The smallest absolute Gasteiger partial charge is 0.00694 e. The van der Waals surface area contributed by atoms with Crippen LogP contribution in [-0.2, 0) is 0 Å². The fourth-order valence-electron chi connectivity index (χ4n) is 2.34. The molecule has 1 fully saturated rings. The van der Waals surface area contributed by atoms with E-state index in [9.17, 15) is 0 Å². The monoisotopic (exact) mass is 183 g/mol. The fourth-order valence-corrected chi connectivity index (χ4v) is 2.34. The van der Waals surface area contributed by atoms with Gasteiger partial charge in [0.05, 0.1) is 0 Å². The Morgan fingerprint density at radius 1 is 1.15 bits per heavy atom. The van der Waals surface area contributed by atoms with Crippen LogP contribution in [0.1, 0.15) is 59.3 Å². The van der Waals surface area contributed by atoms with Gasteiger partial charge in [0.1, 0.15) is 0 Å². The molecule has 1 saturated carbocycles. The summed E-state index contributed by atoms with van der Waals surface area (Å²) in [6.07, 6.45) is 8.52. The van der Waals surface area contributed by atoms with Crippen molar-refractivity contribution in [2.75, 3.05) is 0 Å². The summed E-state index contributed by atoms with van der Waals surface area (Å²) in [5.41, 5.74) is 0. The molecule has 1 rings (SSSR count). The Labute approximate surface area is 83.3 Å². The van der Waals surface area contributed by atoms with Crippen molar-refractivity contribution >= 4 is 0 Å². The lowest BCUT2D eigenvalue weighted by Gasteiger charge is -2.30. The summed E-state index contributed by atoms with van der Waals surface area (Å²) in [4.78, 5) is 0. The Hall–Kier alpha value is -0.0400. The largest absolute Gasteiger partial charge is 0.312 e. The molecular formula is C12H25N. The van der Waals surface area contributed by atoms with Crippen molar-refractivity contribution in [2.24, 2.45) is 5.92 Å². The van der Waals surface area contributed by atoms with Crippen molar-refractivity contribution in [2.45, 2.75) is 71.4 Å². The van der Waals surface area contributed by atoms with Crippen LogP contribution in [0.5, 0.6) is 0 Å². The van der Waals surface area contributed by atoms with E-state index >= 15 is 0 Å². The zero-order valence-electron chi connectivity index (χ0n) is 9.47. The zero-order chi connectivity index (χ0) is 9.68. The van der Waals surface area contributed by atoms with Gasteiger partial charge in [0.2, 0.25) is 0 Å². The van der Waals surface area contributed by atoms with Gasteiger partial charge in [-0.3, -0.25) is 0 Å². The second-order valence-corrected chi connectivity index (χ2v) is 4.66. The molecule has 0 saturated heterocycles. The van der Waals surface area contributed by atoms with E-state index in [4.69, 9.17) is 0 Å². The van der Waals surface area contributed by atoms with E-state index < -0.39 is 0 Å². The van der Waals surface area contributed by atoms with Gasteiger partial charge in [-0.05, 0) is 39.0 Å². The molecule has 1 aliphatic rings. The minimum Gasteiger partial charge on any atom is -0.312 e. The van der Waals surface area contributed by atoms with Gasteiger partial charge in [0.25, 0.3) is 0 Å². The summed E-state index contributed by atoms with van der Waals surface area (Å²) in [5, 5.41) is 3.70. The Bertz CT molecular complexity index is 127. The number of hydrogen-bond acceptors (Lipinski definition) is 1. The molecular weight excluding hydrogens is 158 g/mol. The van der Waals surface area contributed by atoms with Crippen LogP contribution < -0.4 is 5.32 Å². The average Bonchev–Trinajstić information content (AvgIpc) is 2.19. The molecule has 0 bridgehead atoms. The first-order chi connectivity index (χ1) is 6.24.